The van der Waals surface area contributed by atoms with E-state index in [0.717, 1.165) is 16.5 Å². The van der Waals surface area contributed by atoms with Gasteiger partial charge in [0.25, 0.3) is 5.91 Å². The molecule has 142 valence electrons. The summed E-state index contributed by atoms with van der Waals surface area (Å²) < 4.78 is 14.0. The number of H-pyrrole nitrogens is 1. The molecule has 2 aromatic heterocycles. The molecule has 7 nitrogen and oxygen atoms in total. The molecule has 0 saturated carbocycles. The largest absolute Gasteiger partial charge is 0.389 e. The molecule has 0 aliphatic rings. The first-order valence-corrected chi connectivity index (χ1v) is 9.76. The van der Waals surface area contributed by atoms with Crippen LogP contribution in [-0.4, -0.2) is 29.4 Å². The number of amides is 1. The first-order chi connectivity index (χ1) is 13.5. The standard InChI is InChI=1S/C20H18N4O3S/c1-13(25)14-2-4-16(5-3-14)22-20(26)19-9-11-24(23-19)28(27)17-6-7-18-15(12-17)8-10-21-18/h2-13,21,25H,1H3,(H,22,26). The number of nitrogens with zero attached hydrogens (tertiary/aromatic N) is 2. The average molecular weight is 394 g/mol. The van der Waals surface area contributed by atoms with Crippen molar-refractivity contribution in [2.45, 2.75) is 17.9 Å². The van der Waals surface area contributed by atoms with Gasteiger partial charge in [-0.2, -0.15) is 9.19 Å². The van der Waals surface area contributed by atoms with Gasteiger partial charge in [-0.25, -0.2) is 4.21 Å². The fourth-order valence-corrected chi connectivity index (χ4v) is 3.77. The van der Waals surface area contributed by atoms with Crippen LogP contribution in [0.15, 0.2) is 71.9 Å². The number of aromatic amines is 1. The number of aliphatic hydroxyl groups excluding tert-OH is 1. The van der Waals surface area contributed by atoms with Gasteiger partial charge < -0.3 is 15.4 Å². The van der Waals surface area contributed by atoms with E-state index in [9.17, 15) is 14.1 Å². The Morgan fingerprint density at radius 1 is 1.18 bits per heavy atom. The number of hydrogen-bond donors (Lipinski definition) is 3. The van der Waals surface area contributed by atoms with E-state index in [-0.39, 0.29) is 5.69 Å². The van der Waals surface area contributed by atoms with Gasteiger partial charge in [0.15, 0.2) is 16.7 Å². The van der Waals surface area contributed by atoms with Gasteiger partial charge in [-0.3, -0.25) is 4.79 Å². The first kappa shape index (κ1) is 18.1. The predicted octanol–water partition coefficient (Wildman–Crippen LogP) is 3.24. The summed E-state index contributed by atoms with van der Waals surface area (Å²) >= 11 is 0. The maximum absolute atomic E-state index is 12.8. The lowest BCUT2D eigenvalue weighted by Crippen LogP contribution is -2.14. The number of aromatic nitrogens is 3. The summed E-state index contributed by atoms with van der Waals surface area (Å²) in [4.78, 5) is 16.1. The van der Waals surface area contributed by atoms with Crippen molar-refractivity contribution in [2.75, 3.05) is 5.32 Å². The second-order valence-electron chi connectivity index (χ2n) is 6.33. The molecule has 0 spiro atoms. The molecule has 4 rings (SSSR count). The maximum atomic E-state index is 12.8. The van der Waals surface area contributed by atoms with Crippen LogP contribution in [0.5, 0.6) is 0 Å². The molecule has 28 heavy (non-hydrogen) atoms. The highest BCUT2D eigenvalue weighted by Gasteiger charge is 2.14. The number of aliphatic hydroxyl groups is 1. The maximum Gasteiger partial charge on any atom is 0.276 e. The Bertz CT molecular complexity index is 1160. The average Bonchev–Trinajstić information content (AvgIpc) is 3.37. The third-order valence-electron chi connectivity index (χ3n) is 4.35. The minimum atomic E-state index is -1.55. The smallest absolute Gasteiger partial charge is 0.276 e. The summed E-state index contributed by atoms with van der Waals surface area (Å²) in [5, 5.41) is 17.4. The highest BCUT2D eigenvalue weighted by atomic mass is 32.2. The second-order valence-corrected chi connectivity index (χ2v) is 7.68. The third-order valence-corrected chi connectivity index (χ3v) is 5.55. The summed E-state index contributed by atoms with van der Waals surface area (Å²) in [6.45, 7) is 1.67. The van der Waals surface area contributed by atoms with Crippen LogP contribution in [0.2, 0.25) is 0 Å². The number of nitrogens with one attached hydrogen (secondary N) is 2. The number of fused-ring (bicyclic) bond motifs is 1. The van der Waals surface area contributed by atoms with Gasteiger partial charge in [0.05, 0.1) is 11.0 Å². The van der Waals surface area contributed by atoms with Crippen LogP contribution in [-0.2, 0) is 11.0 Å². The van der Waals surface area contributed by atoms with Crippen molar-refractivity contribution < 1.29 is 14.1 Å². The summed E-state index contributed by atoms with van der Waals surface area (Å²) in [5.74, 6) is -0.401. The van der Waals surface area contributed by atoms with Crippen molar-refractivity contribution in [3.05, 3.63) is 78.2 Å². The molecule has 0 saturated heterocycles. The minimum Gasteiger partial charge on any atom is -0.389 e. The number of carbonyl (C=O) groups excluding carboxylic acids is 1. The van der Waals surface area contributed by atoms with Crippen LogP contribution in [0, 0.1) is 0 Å². The van der Waals surface area contributed by atoms with E-state index in [0.29, 0.717) is 10.6 Å². The molecule has 0 radical (unpaired) electrons. The Hall–Kier alpha value is -3.23. The lowest BCUT2D eigenvalue weighted by atomic mass is 10.1. The highest BCUT2D eigenvalue weighted by Crippen LogP contribution is 2.19. The topological polar surface area (TPSA) is 100 Å². The molecule has 1 amide bonds. The van der Waals surface area contributed by atoms with Crippen molar-refractivity contribution >= 4 is 33.5 Å². The molecule has 4 aromatic rings. The molecule has 2 atom stereocenters. The number of anilines is 1. The quantitative estimate of drug-likeness (QED) is 0.484. The van der Waals surface area contributed by atoms with E-state index in [4.69, 9.17) is 0 Å². The van der Waals surface area contributed by atoms with Crippen LogP contribution < -0.4 is 5.32 Å². The fraction of sp³-hybridized carbons (Fsp3) is 0.100. The summed E-state index contributed by atoms with van der Waals surface area (Å²) in [6.07, 6.45) is 2.77. The Morgan fingerprint density at radius 3 is 2.71 bits per heavy atom. The number of hydrogen-bond acceptors (Lipinski definition) is 4. The zero-order valence-electron chi connectivity index (χ0n) is 15.0. The van der Waals surface area contributed by atoms with Crippen LogP contribution in [0.1, 0.15) is 29.1 Å². The van der Waals surface area contributed by atoms with E-state index < -0.39 is 23.0 Å². The van der Waals surface area contributed by atoms with Crippen LogP contribution in [0.4, 0.5) is 5.69 Å². The van der Waals surface area contributed by atoms with E-state index in [1.807, 2.05) is 24.4 Å². The highest BCUT2D eigenvalue weighted by molar-refractivity contribution is 7.83. The van der Waals surface area contributed by atoms with Gasteiger partial charge in [-0.1, -0.05) is 12.1 Å². The lowest BCUT2D eigenvalue weighted by molar-refractivity contribution is 0.102. The summed E-state index contributed by atoms with van der Waals surface area (Å²) in [5.41, 5.74) is 2.47. The zero-order chi connectivity index (χ0) is 19.7. The molecule has 3 N–H and O–H groups in total. The molecule has 0 aliphatic heterocycles. The van der Waals surface area contributed by atoms with Gasteiger partial charge in [0, 0.05) is 29.0 Å². The molecule has 2 aromatic carbocycles. The van der Waals surface area contributed by atoms with E-state index in [2.05, 4.69) is 15.4 Å². The van der Waals surface area contributed by atoms with Crippen molar-refractivity contribution in [3.63, 3.8) is 0 Å². The van der Waals surface area contributed by atoms with Gasteiger partial charge in [-0.15, -0.1) is 0 Å². The zero-order valence-corrected chi connectivity index (χ0v) is 15.8. The van der Waals surface area contributed by atoms with Gasteiger partial charge in [0.2, 0.25) is 0 Å². The SMILES string of the molecule is CC(O)c1ccc(NC(=O)c2ccn(S(=O)c3ccc4[nH]ccc4c3)n2)cc1. The normalized spacial score (nSPS) is 13.4. The van der Waals surface area contributed by atoms with E-state index in [1.165, 1.54) is 16.4 Å². The van der Waals surface area contributed by atoms with Gasteiger partial charge in [-0.05, 0) is 55.0 Å². The van der Waals surface area contributed by atoms with Crippen molar-refractivity contribution in [1.82, 2.24) is 14.2 Å². The molecule has 8 heteroatoms. The molecular formula is C20H18N4O3S. The van der Waals surface area contributed by atoms with Gasteiger partial charge in [0.1, 0.15) is 0 Å². The van der Waals surface area contributed by atoms with Crippen molar-refractivity contribution in [1.29, 1.82) is 0 Å². The minimum absolute atomic E-state index is 0.163. The molecule has 2 heterocycles. The molecule has 0 fully saturated rings. The van der Waals surface area contributed by atoms with Crippen LogP contribution >= 0.6 is 0 Å². The third kappa shape index (κ3) is 3.60. The summed E-state index contributed by atoms with van der Waals surface area (Å²) in [6, 6.07) is 15.8. The fourth-order valence-electron chi connectivity index (χ4n) is 2.81. The van der Waals surface area contributed by atoms with E-state index in [1.54, 1.807) is 37.3 Å². The van der Waals surface area contributed by atoms with Crippen molar-refractivity contribution in [2.24, 2.45) is 0 Å². The Labute approximate surface area is 163 Å². The van der Waals surface area contributed by atoms with Crippen LogP contribution in [0.3, 0.4) is 0 Å². The number of benzene rings is 2. The monoisotopic (exact) mass is 394 g/mol. The number of rotatable bonds is 5. The van der Waals surface area contributed by atoms with Gasteiger partial charge >= 0.3 is 0 Å². The first-order valence-electron chi connectivity index (χ1n) is 8.66. The Balaban J connectivity index is 1.49. The lowest BCUT2D eigenvalue weighted by Gasteiger charge is -2.07. The molecular weight excluding hydrogens is 376 g/mol. The molecule has 0 aliphatic carbocycles. The Morgan fingerprint density at radius 2 is 1.96 bits per heavy atom. The number of carbonyl (C=O) groups is 1. The molecule has 0 bridgehead atoms. The predicted molar refractivity (Wildman–Crippen MR) is 107 cm³/mol. The molecule has 2 unspecified atom stereocenters. The van der Waals surface area contributed by atoms with Crippen LogP contribution in [0.25, 0.3) is 10.9 Å². The summed E-state index contributed by atoms with van der Waals surface area (Å²) in [7, 11) is -1.55. The van der Waals surface area contributed by atoms with Crippen molar-refractivity contribution in [3.8, 4) is 0 Å². The second kappa shape index (κ2) is 7.41. The Kier molecular flexibility index (Phi) is 4.81. The van der Waals surface area contributed by atoms with E-state index >= 15 is 0 Å².